The molecule has 2 aromatic heterocycles. The molecule has 112 valence electrons. The van der Waals surface area contributed by atoms with Crippen molar-refractivity contribution < 1.29 is 17.9 Å². The number of sulfonamides is 1. The van der Waals surface area contributed by atoms with E-state index in [1.54, 1.807) is 6.92 Å². The summed E-state index contributed by atoms with van der Waals surface area (Å²) < 4.78 is 31.3. The van der Waals surface area contributed by atoms with Gasteiger partial charge in [-0.05, 0) is 19.1 Å². The van der Waals surface area contributed by atoms with Crippen LogP contribution in [0.25, 0.3) is 0 Å². The zero-order chi connectivity index (χ0) is 15.5. The van der Waals surface area contributed by atoms with Gasteiger partial charge in [-0.25, -0.2) is 4.79 Å². The van der Waals surface area contributed by atoms with Crippen LogP contribution in [-0.2, 0) is 14.8 Å². The maximum Gasteiger partial charge on any atom is 0.342 e. The Bertz CT molecular complexity index is 743. The van der Waals surface area contributed by atoms with Crippen molar-refractivity contribution in [1.82, 2.24) is 20.4 Å². The van der Waals surface area contributed by atoms with E-state index >= 15 is 0 Å². The Morgan fingerprint density at radius 1 is 1.43 bits per heavy atom. The number of esters is 1. The third-order valence-electron chi connectivity index (χ3n) is 2.24. The second-order valence-corrected chi connectivity index (χ2v) is 5.69. The number of carbonyl (C=O) groups excluding carboxylic acids is 1. The molecule has 0 aliphatic carbocycles. The van der Waals surface area contributed by atoms with Gasteiger partial charge in [-0.2, -0.15) is 13.5 Å². The molecule has 0 saturated carbocycles. The fraction of sp³-hybridized carbons (Fsp3) is 0.200. The van der Waals surface area contributed by atoms with E-state index in [0.29, 0.717) is 0 Å². The normalized spacial score (nSPS) is 11.1. The van der Waals surface area contributed by atoms with Crippen molar-refractivity contribution in [2.24, 2.45) is 0 Å². The fourth-order valence-electron chi connectivity index (χ4n) is 1.39. The lowest BCUT2D eigenvalue weighted by atomic mass is 10.4. The van der Waals surface area contributed by atoms with Crippen molar-refractivity contribution in [3.63, 3.8) is 0 Å². The summed E-state index contributed by atoms with van der Waals surface area (Å²) in [5.74, 6) is -0.849. The van der Waals surface area contributed by atoms with Crippen LogP contribution in [0.15, 0.2) is 23.4 Å². The predicted molar refractivity (Wildman–Crippen MR) is 72.4 cm³/mol. The maximum atomic E-state index is 12.2. The van der Waals surface area contributed by atoms with Gasteiger partial charge in [0.15, 0.2) is 16.0 Å². The van der Waals surface area contributed by atoms with E-state index in [1.165, 1.54) is 12.1 Å². The number of carbonyl (C=O) groups is 1. The minimum absolute atomic E-state index is 0.0520. The summed E-state index contributed by atoms with van der Waals surface area (Å²) in [6.45, 7) is 1.72. The molecule has 2 aromatic rings. The number of halogens is 1. The fourth-order valence-corrected chi connectivity index (χ4v) is 2.58. The molecule has 0 spiro atoms. The molecule has 11 heteroatoms. The Morgan fingerprint density at radius 2 is 2.19 bits per heavy atom. The van der Waals surface area contributed by atoms with Gasteiger partial charge >= 0.3 is 5.97 Å². The molecular weight excluding hydrogens is 322 g/mol. The number of hydrogen-bond acceptors (Lipinski definition) is 7. The first-order valence-electron chi connectivity index (χ1n) is 5.66. The molecule has 21 heavy (non-hydrogen) atoms. The van der Waals surface area contributed by atoms with Crippen molar-refractivity contribution in [1.29, 1.82) is 0 Å². The van der Waals surface area contributed by atoms with Gasteiger partial charge in [0.25, 0.3) is 10.0 Å². The average molecular weight is 332 g/mol. The van der Waals surface area contributed by atoms with Crippen molar-refractivity contribution in [2.45, 2.75) is 11.9 Å². The Labute approximate surface area is 124 Å². The van der Waals surface area contributed by atoms with E-state index in [-0.39, 0.29) is 23.1 Å². The molecule has 0 amide bonds. The van der Waals surface area contributed by atoms with Crippen LogP contribution < -0.4 is 4.72 Å². The third kappa shape index (κ3) is 3.47. The number of rotatable bonds is 5. The van der Waals surface area contributed by atoms with Crippen LogP contribution in [-0.4, -0.2) is 41.4 Å². The number of aromatic nitrogens is 4. The molecule has 0 aromatic carbocycles. The lowest BCUT2D eigenvalue weighted by molar-refractivity contribution is 0.0522. The summed E-state index contributed by atoms with van der Waals surface area (Å²) in [6.07, 6.45) is 1.07. The number of nitrogens with one attached hydrogen (secondary N) is 2. The van der Waals surface area contributed by atoms with Crippen molar-refractivity contribution in [2.75, 3.05) is 11.3 Å². The highest BCUT2D eigenvalue weighted by Gasteiger charge is 2.26. The number of H-pyrrole nitrogens is 1. The number of hydrogen-bond donors (Lipinski definition) is 2. The molecule has 0 unspecified atom stereocenters. The summed E-state index contributed by atoms with van der Waals surface area (Å²) in [7, 11) is -4.09. The smallest absolute Gasteiger partial charge is 0.342 e. The van der Waals surface area contributed by atoms with E-state index in [9.17, 15) is 13.2 Å². The van der Waals surface area contributed by atoms with Gasteiger partial charge in [0.05, 0.1) is 12.8 Å². The highest BCUT2D eigenvalue weighted by atomic mass is 35.5. The van der Waals surface area contributed by atoms with Gasteiger partial charge in [-0.3, -0.25) is 9.82 Å². The zero-order valence-corrected chi connectivity index (χ0v) is 12.3. The molecule has 0 bridgehead atoms. The number of aromatic amines is 1. The lowest BCUT2D eigenvalue weighted by Gasteiger charge is -2.06. The van der Waals surface area contributed by atoms with Crippen LogP contribution in [0.3, 0.4) is 0 Å². The molecule has 2 N–H and O–H groups in total. The molecule has 0 atom stereocenters. The Morgan fingerprint density at radius 3 is 2.81 bits per heavy atom. The molecule has 2 rings (SSSR count). The average Bonchev–Trinajstić information content (AvgIpc) is 2.92. The standard InChI is InChI=1S/C10H10ClN5O4S/c1-2-20-10(17)6-5-12-15-9(6)21(18,19)16-8-4-3-7(11)13-14-8/h3-5H,2H2,1H3,(H,12,15)(H,14,16). The van der Waals surface area contributed by atoms with Gasteiger partial charge in [-0.1, -0.05) is 11.6 Å². The summed E-state index contributed by atoms with van der Waals surface area (Å²) in [6, 6.07) is 2.69. The molecule has 0 aliphatic heterocycles. The first kappa shape index (κ1) is 15.2. The van der Waals surface area contributed by atoms with Gasteiger partial charge < -0.3 is 4.74 Å². The Kier molecular flexibility index (Phi) is 4.38. The first-order valence-corrected chi connectivity index (χ1v) is 7.52. The number of anilines is 1. The summed E-state index contributed by atoms with van der Waals surface area (Å²) in [5, 5.41) is 12.5. The lowest BCUT2D eigenvalue weighted by Crippen LogP contribution is -2.18. The zero-order valence-electron chi connectivity index (χ0n) is 10.7. The van der Waals surface area contributed by atoms with Crippen molar-refractivity contribution in [3.05, 3.63) is 29.0 Å². The van der Waals surface area contributed by atoms with Gasteiger partial charge in [0.1, 0.15) is 5.56 Å². The van der Waals surface area contributed by atoms with E-state index in [2.05, 4.69) is 25.1 Å². The summed E-state index contributed by atoms with van der Waals surface area (Å²) in [4.78, 5) is 11.7. The second kappa shape index (κ2) is 6.06. The van der Waals surface area contributed by atoms with Crippen LogP contribution in [0, 0.1) is 0 Å². The van der Waals surface area contributed by atoms with Gasteiger partial charge in [0.2, 0.25) is 0 Å². The summed E-state index contributed by atoms with van der Waals surface area (Å²) >= 11 is 5.56. The van der Waals surface area contributed by atoms with Crippen LogP contribution in [0.1, 0.15) is 17.3 Å². The molecule has 9 nitrogen and oxygen atoms in total. The predicted octanol–water partition coefficient (Wildman–Crippen LogP) is 0.831. The highest BCUT2D eigenvalue weighted by molar-refractivity contribution is 7.92. The highest BCUT2D eigenvalue weighted by Crippen LogP contribution is 2.17. The maximum absolute atomic E-state index is 12.2. The van der Waals surface area contributed by atoms with E-state index in [1.807, 2.05) is 0 Å². The number of nitrogens with zero attached hydrogens (tertiary/aromatic N) is 3. The quantitative estimate of drug-likeness (QED) is 0.777. The minimum Gasteiger partial charge on any atom is -0.462 e. The molecule has 0 aliphatic rings. The second-order valence-electron chi connectivity index (χ2n) is 3.68. The monoisotopic (exact) mass is 331 g/mol. The molecular formula is C10H10ClN5O4S. The van der Waals surface area contributed by atoms with Crippen LogP contribution >= 0.6 is 11.6 Å². The van der Waals surface area contributed by atoms with Crippen LogP contribution in [0.2, 0.25) is 5.15 Å². The molecule has 0 radical (unpaired) electrons. The summed E-state index contributed by atoms with van der Waals surface area (Å²) in [5.41, 5.74) is -0.203. The first-order chi connectivity index (χ1) is 9.94. The van der Waals surface area contributed by atoms with Gasteiger partial charge in [0, 0.05) is 0 Å². The molecule has 0 fully saturated rings. The minimum atomic E-state index is -4.09. The van der Waals surface area contributed by atoms with Crippen LogP contribution in [0.5, 0.6) is 0 Å². The SMILES string of the molecule is CCOC(=O)c1cn[nH]c1S(=O)(=O)Nc1ccc(Cl)nn1. The van der Waals surface area contributed by atoms with Crippen molar-refractivity contribution in [3.8, 4) is 0 Å². The van der Waals surface area contributed by atoms with E-state index in [0.717, 1.165) is 6.20 Å². The van der Waals surface area contributed by atoms with Gasteiger partial charge in [-0.15, -0.1) is 10.2 Å². The third-order valence-corrected chi connectivity index (χ3v) is 3.77. The molecule has 0 saturated heterocycles. The Balaban J connectivity index is 2.30. The largest absolute Gasteiger partial charge is 0.462 e. The van der Waals surface area contributed by atoms with E-state index < -0.39 is 21.0 Å². The Hall–Kier alpha value is -2.20. The topological polar surface area (TPSA) is 127 Å². The van der Waals surface area contributed by atoms with Crippen LogP contribution in [0.4, 0.5) is 5.82 Å². The number of ether oxygens (including phenoxy) is 1. The molecule has 2 heterocycles. The van der Waals surface area contributed by atoms with Crippen molar-refractivity contribution >= 4 is 33.4 Å². The van der Waals surface area contributed by atoms with E-state index in [4.69, 9.17) is 16.3 Å².